The molecule has 120 valence electrons. The Hall–Kier alpha value is -0.340. The van der Waals surface area contributed by atoms with Gasteiger partial charge in [0.25, 0.3) is 0 Å². The molecule has 0 amide bonds. The van der Waals surface area contributed by atoms with Gasteiger partial charge < -0.3 is 15.5 Å². The first-order valence-corrected chi connectivity index (χ1v) is 8.37. The Morgan fingerprint density at radius 3 is 2.71 bits per heavy atom. The summed E-state index contributed by atoms with van der Waals surface area (Å²) in [5.41, 5.74) is 1.35. The Kier molecular flexibility index (Phi) is 9.26. The maximum Gasteiger partial charge on any atom is 0.191 e. The standard InChI is InChI=1S/C15H26N4S.HI/c1-13-6-11-20-14(13)12-18-15(16-2)17-7-5-10-19-8-3-4-9-19;/h6,11H,3-5,7-10,12H2,1-2H3,(H2,16,17,18);1H. The van der Waals surface area contributed by atoms with Gasteiger partial charge in [0.2, 0.25) is 0 Å². The minimum atomic E-state index is 0. The third kappa shape index (κ3) is 6.52. The van der Waals surface area contributed by atoms with Gasteiger partial charge in [-0.15, -0.1) is 35.3 Å². The molecular weight excluding hydrogens is 395 g/mol. The monoisotopic (exact) mass is 422 g/mol. The lowest BCUT2D eigenvalue weighted by Gasteiger charge is -2.15. The molecule has 1 aromatic heterocycles. The second-order valence-electron chi connectivity index (χ2n) is 5.28. The van der Waals surface area contributed by atoms with Gasteiger partial charge in [0.05, 0.1) is 6.54 Å². The van der Waals surface area contributed by atoms with Crippen molar-refractivity contribution in [1.82, 2.24) is 15.5 Å². The molecule has 2 heterocycles. The summed E-state index contributed by atoms with van der Waals surface area (Å²) in [6.07, 6.45) is 3.92. The molecule has 4 nitrogen and oxygen atoms in total. The van der Waals surface area contributed by atoms with Crippen molar-refractivity contribution in [3.8, 4) is 0 Å². The zero-order chi connectivity index (χ0) is 14.2. The number of halogens is 1. The molecule has 2 N–H and O–H groups in total. The van der Waals surface area contributed by atoms with Gasteiger partial charge in [-0.1, -0.05) is 0 Å². The maximum atomic E-state index is 4.27. The van der Waals surface area contributed by atoms with E-state index in [-0.39, 0.29) is 24.0 Å². The first-order valence-electron chi connectivity index (χ1n) is 7.49. The highest BCUT2D eigenvalue weighted by molar-refractivity contribution is 14.0. The number of hydrogen-bond donors (Lipinski definition) is 2. The molecule has 1 aliphatic rings. The van der Waals surface area contributed by atoms with Crippen molar-refractivity contribution in [2.24, 2.45) is 4.99 Å². The SMILES string of the molecule is CN=C(NCCCN1CCCC1)NCc1sccc1C.I. The highest BCUT2D eigenvalue weighted by atomic mass is 127. The average Bonchev–Trinajstić information content (AvgIpc) is 3.10. The molecule has 1 aromatic rings. The van der Waals surface area contributed by atoms with Crippen LogP contribution in [-0.4, -0.2) is 44.1 Å². The molecule has 2 rings (SSSR count). The van der Waals surface area contributed by atoms with Crippen molar-refractivity contribution in [1.29, 1.82) is 0 Å². The zero-order valence-electron chi connectivity index (χ0n) is 13.0. The van der Waals surface area contributed by atoms with Crippen LogP contribution in [-0.2, 0) is 6.54 Å². The van der Waals surface area contributed by atoms with Crippen LogP contribution in [0.3, 0.4) is 0 Å². The van der Waals surface area contributed by atoms with E-state index in [0.717, 1.165) is 19.0 Å². The number of rotatable bonds is 6. The summed E-state index contributed by atoms with van der Waals surface area (Å²) in [6, 6.07) is 2.16. The Morgan fingerprint density at radius 1 is 1.33 bits per heavy atom. The molecule has 0 aliphatic carbocycles. The van der Waals surface area contributed by atoms with E-state index < -0.39 is 0 Å². The van der Waals surface area contributed by atoms with E-state index >= 15 is 0 Å². The van der Waals surface area contributed by atoms with Crippen molar-refractivity contribution in [3.63, 3.8) is 0 Å². The van der Waals surface area contributed by atoms with Crippen LogP contribution in [0.5, 0.6) is 0 Å². The van der Waals surface area contributed by atoms with Crippen molar-refractivity contribution >= 4 is 41.3 Å². The van der Waals surface area contributed by atoms with Crippen LogP contribution < -0.4 is 10.6 Å². The summed E-state index contributed by atoms with van der Waals surface area (Å²) < 4.78 is 0. The number of nitrogens with one attached hydrogen (secondary N) is 2. The Morgan fingerprint density at radius 2 is 2.10 bits per heavy atom. The number of guanidine groups is 1. The molecule has 0 radical (unpaired) electrons. The van der Waals surface area contributed by atoms with Crippen molar-refractivity contribution in [3.05, 3.63) is 21.9 Å². The van der Waals surface area contributed by atoms with Gasteiger partial charge in [-0.25, -0.2) is 0 Å². The van der Waals surface area contributed by atoms with Gasteiger partial charge in [0.1, 0.15) is 0 Å². The number of nitrogens with zero attached hydrogens (tertiary/aromatic N) is 2. The summed E-state index contributed by atoms with van der Waals surface area (Å²) in [4.78, 5) is 8.20. The summed E-state index contributed by atoms with van der Waals surface area (Å²) in [5, 5.41) is 8.91. The number of likely N-dealkylation sites (tertiary alicyclic amines) is 1. The third-order valence-corrected chi connectivity index (χ3v) is 4.77. The molecular formula is C15H27IN4S. The predicted octanol–water partition coefficient (Wildman–Crippen LogP) is 2.83. The molecule has 21 heavy (non-hydrogen) atoms. The lowest BCUT2D eigenvalue weighted by atomic mass is 10.3. The molecule has 0 saturated carbocycles. The smallest absolute Gasteiger partial charge is 0.191 e. The third-order valence-electron chi connectivity index (χ3n) is 3.75. The van der Waals surface area contributed by atoms with Gasteiger partial charge >= 0.3 is 0 Å². The summed E-state index contributed by atoms with van der Waals surface area (Å²) in [6.45, 7) is 7.76. The summed E-state index contributed by atoms with van der Waals surface area (Å²) in [7, 11) is 1.83. The number of hydrogen-bond acceptors (Lipinski definition) is 3. The topological polar surface area (TPSA) is 39.7 Å². The number of aliphatic imine (C=N–C) groups is 1. The fourth-order valence-electron chi connectivity index (χ4n) is 2.49. The van der Waals surface area contributed by atoms with Gasteiger partial charge in [0, 0.05) is 18.5 Å². The minimum absolute atomic E-state index is 0. The van der Waals surface area contributed by atoms with Gasteiger partial charge in [-0.2, -0.15) is 0 Å². The molecule has 0 aromatic carbocycles. The fourth-order valence-corrected chi connectivity index (χ4v) is 3.33. The first kappa shape index (κ1) is 18.7. The molecule has 6 heteroatoms. The van der Waals surface area contributed by atoms with Crippen LogP contribution in [0.1, 0.15) is 29.7 Å². The van der Waals surface area contributed by atoms with Crippen LogP contribution in [0.2, 0.25) is 0 Å². The lowest BCUT2D eigenvalue weighted by Crippen LogP contribution is -2.38. The van der Waals surface area contributed by atoms with E-state index in [4.69, 9.17) is 0 Å². The Bertz CT molecular complexity index is 427. The molecule has 1 saturated heterocycles. The van der Waals surface area contributed by atoms with Crippen LogP contribution in [0.4, 0.5) is 0 Å². The average molecular weight is 422 g/mol. The summed E-state index contributed by atoms with van der Waals surface area (Å²) >= 11 is 1.80. The van der Waals surface area contributed by atoms with E-state index in [1.54, 1.807) is 11.3 Å². The van der Waals surface area contributed by atoms with Gasteiger partial charge in [0.15, 0.2) is 5.96 Å². The first-order chi connectivity index (χ1) is 9.79. The zero-order valence-corrected chi connectivity index (χ0v) is 16.2. The quantitative estimate of drug-likeness (QED) is 0.321. The minimum Gasteiger partial charge on any atom is -0.356 e. The summed E-state index contributed by atoms with van der Waals surface area (Å²) in [5.74, 6) is 0.902. The molecule has 0 unspecified atom stereocenters. The molecule has 1 fully saturated rings. The van der Waals surface area contributed by atoms with E-state index in [0.29, 0.717) is 0 Å². The predicted molar refractivity (Wildman–Crippen MR) is 103 cm³/mol. The number of aryl methyl sites for hydroxylation is 1. The van der Waals surface area contributed by atoms with E-state index in [9.17, 15) is 0 Å². The molecule has 0 spiro atoms. The fraction of sp³-hybridized carbons (Fsp3) is 0.667. The van der Waals surface area contributed by atoms with E-state index in [1.165, 1.54) is 49.3 Å². The normalized spacial score (nSPS) is 15.8. The highest BCUT2D eigenvalue weighted by Gasteiger charge is 2.10. The van der Waals surface area contributed by atoms with Crippen molar-refractivity contribution in [2.75, 3.05) is 33.2 Å². The van der Waals surface area contributed by atoms with Crippen LogP contribution in [0.15, 0.2) is 16.4 Å². The lowest BCUT2D eigenvalue weighted by molar-refractivity contribution is 0.334. The highest BCUT2D eigenvalue weighted by Crippen LogP contribution is 2.14. The second-order valence-corrected chi connectivity index (χ2v) is 6.28. The van der Waals surface area contributed by atoms with Crippen molar-refractivity contribution in [2.45, 2.75) is 32.7 Å². The van der Waals surface area contributed by atoms with Gasteiger partial charge in [-0.05, 0) is 62.8 Å². The maximum absolute atomic E-state index is 4.27. The van der Waals surface area contributed by atoms with E-state index in [1.807, 2.05) is 7.05 Å². The van der Waals surface area contributed by atoms with Crippen LogP contribution in [0, 0.1) is 6.92 Å². The largest absolute Gasteiger partial charge is 0.356 e. The van der Waals surface area contributed by atoms with Crippen LogP contribution >= 0.6 is 35.3 Å². The number of thiophene rings is 1. The van der Waals surface area contributed by atoms with Gasteiger partial charge in [-0.3, -0.25) is 4.99 Å². The molecule has 0 bridgehead atoms. The van der Waals surface area contributed by atoms with Crippen molar-refractivity contribution < 1.29 is 0 Å². The molecule has 0 atom stereocenters. The second kappa shape index (κ2) is 10.4. The van der Waals surface area contributed by atoms with Crippen LogP contribution in [0.25, 0.3) is 0 Å². The van der Waals surface area contributed by atoms with E-state index in [2.05, 4.69) is 38.9 Å². The Balaban J connectivity index is 0.00000220. The Labute approximate surface area is 149 Å². The molecule has 1 aliphatic heterocycles.